The molecular weight excluding hydrogens is 456 g/mol. The molecule has 0 saturated carbocycles. The number of benzene rings is 3. The van der Waals surface area contributed by atoms with Crippen LogP contribution < -0.4 is 10.1 Å². The van der Waals surface area contributed by atoms with Crippen molar-refractivity contribution in [2.45, 2.75) is 38.6 Å². The van der Waals surface area contributed by atoms with Gasteiger partial charge in [-0.1, -0.05) is 72.3 Å². The van der Waals surface area contributed by atoms with Gasteiger partial charge >= 0.3 is 0 Å². The molecule has 184 valence electrons. The molecule has 0 unspecified atom stereocenters. The van der Waals surface area contributed by atoms with Crippen LogP contribution in [-0.2, 0) is 28.3 Å². The van der Waals surface area contributed by atoms with Crippen LogP contribution in [-0.4, -0.2) is 42.2 Å². The molecule has 0 radical (unpaired) electrons. The van der Waals surface area contributed by atoms with E-state index in [0.29, 0.717) is 25.3 Å². The van der Waals surface area contributed by atoms with Crippen LogP contribution in [0.5, 0.6) is 5.75 Å². The predicted molar refractivity (Wildman–Crippen MR) is 144 cm³/mol. The van der Waals surface area contributed by atoms with Gasteiger partial charge in [0.15, 0.2) is 0 Å². The van der Waals surface area contributed by atoms with Crippen LogP contribution in [0.3, 0.4) is 0 Å². The summed E-state index contributed by atoms with van der Waals surface area (Å²) >= 11 is 1.57. The largest absolute Gasteiger partial charge is 0.497 e. The molecule has 6 heteroatoms. The van der Waals surface area contributed by atoms with Gasteiger partial charge in [-0.2, -0.15) is 0 Å². The van der Waals surface area contributed by atoms with Crippen LogP contribution in [0, 0.1) is 6.92 Å². The third-order valence-electron chi connectivity index (χ3n) is 5.72. The summed E-state index contributed by atoms with van der Waals surface area (Å²) in [6.07, 6.45) is 0.449. The second-order valence-corrected chi connectivity index (χ2v) is 9.44. The lowest BCUT2D eigenvalue weighted by atomic mass is 10.0. The van der Waals surface area contributed by atoms with Crippen molar-refractivity contribution >= 4 is 23.6 Å². The number of hydrogen-bond donors (Lipinski definition) is 1. The molecule has 0 aliphatic rings. The summed E-state index contributed by atoms with van der Waals surface area (Å²) in [5.41, 5.74) is 4.32. The molecule has 1 N–H and O–H groups in total. The fourth-order valence-electron chi connectivity index (χ4n) is 3.84. The fourth-order valence-corrected chi connectivity index (χ4v) is 4.71. The zero-order valence-corrected chi connectivity index (χ0v) is 21.5. The maximum Gasteiger partial charge on any atom is 0.243 e. The Balaban J connectivity index is 1.83. The minimum atomic E-state index is -0.615. The summed E-state index contributed by atoms with van der Waals surface area (Å²) < 4.78 is 5.37. The van der Waals surface area contributed by atoms with E-state index in [1.54, 1.807) is 23.8 Å². The van der Waals surface area contributed by atoms with E-state index in [1.165, 1.54) is 11.1 Å². The smallest absolute Gasteiger partial charge is 0.243 e. The first kappa shape index (κ1) is 26.4. The van der Waals surface area contributed by atoms with Crippen molar-refractivity contribution in [1.82, 2.24) is 10.2 Å². The third-order valence-corrected chi connectivity index (χ3v) is 6.71. The number of aryl methyl sites for hydroxylation is 1. The lowest BCUT2D eigenvalue weighted by molar-refractivity contribution is -0.139. The van der Waals surface area contributed by atoms with Crippen LogP contribution in [0.2, 0.25) is 0 Å². The maximum absolute atomic E-state index is 13.6. The molecule has 3 aromatic rings. The Hall–Kier alpha value is -3.25. The average molecular weight is 491 g/mol. The summed E-state index contributed by atoms with van der Waals surface area (Å²) in [6.45, 7) is 4.79. The monoisotopic (exact) mass is 490 g/mol. The Morgan fingerprint density at radius 1 is 0.943 bits per heavy atom. The van der Waals surface area contributed by atoms with E-state index >= 15 is 0 Å². The summed E-state index contributed by atoms with van der Waals surface area (Å²) in [5, 5.41) is 2.93. The lowest BCUT2D eigenvalue weighted by Gasteiger charge is -2.31. The Labute approximate surface area is 212 Å². The molecule has 0 spiro atoms. The number of methoxy groups -OCH3 is 1. The van der Waals surface area contributed by atoms with E-state index in [1.807, 2.05) is 61.5 Å². The molecule has 0 bridgehead atoms. The van der Waals surface area contributed by atoms with E-state index in [2.05, 4.69) is 36.5 Å². The first-order valence-corrected chi connectivity index (χ1v) is 13.0. The average Bonchev–Trinajstić information content (AvgIpc) is 2.88. The Bertz CT molecular complexity index is 1090. The normalized spacial score (nSPS) is 11.5. The second kappa shape index (κ2) is 13.6. The van der Waals surface area contributed by atoms with Gasteiger partial charge in [0, 0.05) is 25.3 Å². The highest BCUT2D eigenvalue weighted by Crippen LogP contribution is 2.20. The molecule has 0 heterocycles. The van der Waals surface area contributed by atoms with Gasteiger partial charge in [-0.25, -0.2) is 0 Å². The molecule has 5 nitrogen and oxygen atoms in total. The molecule has 0 aliphatic carbocycles. The van der Waals surface area contributed by atoms with Gasteiger partial charge in [-0.15, -0.1) is 11.8 Å². The van der Waals surface area contributed by atoms with Crippen LogP contribution >= 0.6 is 11.8 Å². The molecule has 0 aromatic heterocycles. The Kier molecular flexibility index (Phi) is 10.2. The van der Waals surface area contributed by atoms with Gasteiger partial charge in [0.05, 0.1) is 12.9 Å². The van der Waals surface area contributed by atoms with E-state index in [9.17, 15) is 9.59 Å². The fraction of sp³-hybridized carbons (Fsp3) is 0.310. The van der Waals surface area contributed by atoms with Crippen LogP contribution in [0.1, 0.15) is 29.2 Å². The minimum Gasteiger partial charge on any atom is -0.497 e. The SMILES string of the molecule is CCNC(=O)[C@@H](Cc1ccccc1)N(Cc1cccc(OC)c1)C(=O)CSCc1ccc(C)cc1. The summed E-state index contributed by atoms with van der Waals surface area (Å²) in [4.78, 5) is 28.5. The molecule has 0 saturated heterocycles. The van der Waals surface area contributed by atoms with Gasteiger partial charge in [-0.05, 0) is 42.7 Å². The summed E-state index contributed by atoms with van der Waals surface area (Å²) in [5.74, 6) is 1.56. The maximum atomic E-state index is 13.6. The molecular formula is C29H34N2O3S. The van der Waals surface area contributed by atoms with Crippen molar-refractivity contribution in [1.29, 1.82) is 0 Å². The number of thioether (sulfide) groups is 1. The number of rotatable bonds is 12. The second-order valence-electron chi connectivity index (χ2n) is 8.45. The van der Waals surface area contributed by atoms with Crippen LogP contribution in [0.15, 0.2) is 78.9 Å². The predicted octanol–water partition coefficient (Wildman–Crippen LogP) is 5.01. The Morgan fingerprint density at radius 2 is 1.66 bits per heavy atom. The van der Waals surface area contributed by atoms with Gasteiger partial charge in [0.2, 0.25) is 11.8 Å². The molecule has 0 fully saturated rings. The van der Waals surface area contributed by atoms with Crippen molar-refractivity contribution < 1.29 is 14.3 Å². The Morgan fingerprint density at radius 3 is 2.34 bits per heavy atom. The lowest BCUT2D eigenvalue weighted by Crippen LogP contribution is -2.51. The van der Waals surface area contributed by atoms with Crippen molar-refractivity contribution in [2.24, 2.45) is 0 Å². The molecule has 3 rings (SSSR count). The third kappa shape index (κ3) is 8.18. The standard InChI is InChI=1S/C29H34N2O3S/c1-4-30-29(33)27(18-23-9-6-5-7-10-23)31(19-25-11-8-12-26(17-25)34-3)28(32)21-35-20-24-15-13-22(2)14-16-24/h5-17,27H,4,18-21H2,1-3H3,(H,30,33)/t27-/m1/s1. The number of likely N-dealkylation sites (N-methyl/N-ethyl adjacent to an activating group) is 1. The molecule has 2 amide bonds. The van der Waals surface area contributed by atoms with Crippen LogP contribution in [0.25, 0.3) is 0 Å². The van der Waals surface area contributed by atoms with E-state index in [-0.39, 0.29) is 11.8 Å². The molecule has 35 heavy (non-hydrogen) atoms. The molecule has 3 aromatic carbocycles. The quantitative estimate of drug-likeness (QED) is 0.388. The highest BCUT2D eigenvalue weighted by Gasteiger charge is 2.30. The van der Waals surface area contributed by atoms with E-state index in [4.69, 9.17) is 4.74 Å². The van der Waals surface area contributed by atoms with E-state index < -0.39 is 6.04 Å². The number of nitrogens with zero attached hydrogens (tertiary/aromatic N) is 1. The summed E-state index contributed by atoms with van der Waals surface area (Å²) in [6, 6.07) is 25.2. The van der Waals surface area contributed by atoms with Crippen molar-refractivity contribution in [2.75, 3.05) is 19.4 Å². The highest BCUT2D eigenvalue weighted by atomic mass is 32.2. The van der Waals surface area contributed by atoms with Gasteiger partial charge in [0.25, 0.3) is 0 Å². The zero-order valence-electron chi connectivity index (χ0n) is 20.7. The number of amides is 2. The highest BCUT2D eigenvalue weighted by molar-refractivity contribution is 7.99. The summed E-state index contributed by atoms with van der Waals surface area (Å²) in [7, 11) is 1.62. The number of hydrogen-bond acceptors (Lipinski definition) is 4. The van der Waals surface area contributed by atoms with E-state index in [0.717, 1.165) is 22.6 Å². The zero-order chi connectivity index (χ0) is 25.0. The van der Waals surface area contributed by atoms with Gasteiger partial charge in [0.1, 0.15) is 11.8 Å². The van der Waals surface area contributed by atoms with Crippen molar-refractivity contribution in [3.8, 4) is 5.75 Å². The van der Waals surface area contributed by atoms with Gasteiger partial charge in [-0.3, -0.25) is 9.59 Å². The van der Waals surface area contributed by atoms with Crippen LogP contribution in [0.4, 0.5) is 0 Å². The molecule has 1 atom stereocenters. The number of carbonyl (C=O) groups excluding carboxylic acids is 2. The number of ether oxygens (including phenoxy) is 1. The van der Waals surface area contributed by atoms with Gasteiger partial charge < -0.3 is 15.0 Å². The topological polar surface area (TPSA) is 58.6 Å². The number of carbonyl (C=O) groups is 2. The molecule has 0 aliphatic heterocycles. The first-order valence-electron chi connectivity index (χ1n) is 11.9. The minimum absolute atomic E-state index is 0.0582. The van der Waals surface area contributed by atoms with Crippen molar-refractivity contribution in [3.05, 3.63) is 101 Å². The first-order chi connectivity index (χ1) is 17.0. The van der Waals surface area contributed by atoms with Crippen molar-refractivity contribution in [3.63, 3.8) is 0 Å². The number of nitrogens with one attached hydrogen (secondary N) is 1.